The van der Waals surface area contributed by atoms with E-state index in [2.05, 4.69) is 5.32 Å². The highest BCUT2D eigenvalue weighted by Crippen LogP contribution is 2.44. The summed E-state index contributed by atoms with van der Waals surface area (Å²) < 4.78 is 46.0. The van der Waals surface area contributed by atoms with E-state index >= 15 is 0 Å². The van der Waals surface area contributed by atoms with Gasteiger partial charge in [-0.05, 0) is 30.5 Å². The molecule has 1 aliphatic heterocycles. The molecule has 6 nitrogen and oxygen atoms in total. The molecule has 3 N–H and O–H groups in total. The van der Waals surface area contributed by atoms with Crippen LogP contribution >= 0.6 is 11.3 Å². The third-order valence-electron chi connectivity index (χ3n) is 3.92. The second-order valence-corrected chi connectivity index (χ2v) is 6.56. The second kappa shape index (κ2) is 5.88. The monoisotopic (exact) mass is 374 g/mol. The molecule has 2 aromatic rings. The van der Waals surface area contributed by atoms with E-state index < -0.39 is 35.7 Å². The van der Waals surface area contributed by atoms with E-state index in [4.69, 9.17) is 4.42 Å². The molecule has 1 aliphatic rings. The van der Waals surface area contributed by atoms with Gasteiger partial charge in [0.15, 0.2) is 5.78 Å². The Balaban J connectivity index is 2.14. The van der Waals surface area contributed by atoms with Crippen LogP contribution in [0.2, 0.25) is 0 Å². The van der Waals surface area contributed by atoms with Crippen molar-refractivity contribution in [2.24, 2.45) is 5.92 Å². The second-order valence-electron chi connectivity index (χ2n) is 5.61. The number of hydrogen-bond acceptors (Lipinski definition) is 5. The summed E-state index contributed by atoms with van der Waals surface area (Å²) in [5.41, 5.74) is -3.73. The predicted octanol–water partition coefficient (Wildman–Crippen LogP) is 2.75. The highest BCUT2D eigenvalue weighted by Gasteiger charge is 2.67. The number of carbonyl (C=O) groups excluding carboxylic acids is 2. The molecule has 25 heavy (non-hydrogen) atoms. The average Bonchev–Trinajstić information content (AvgIpc) is 3.16. The number of furan rings is 1. The van der Waals surface area contributed by atoms with Gasteiger partial charge in [0.1, 0.15) is 23.5 Å². The Bertz CT molecular complexity index is 802. The normalized spacial score (nSPS) is 26.8. The number of Topliss-reactive ketones (excluding diaryl/α,β-unsaturated/α-hetero) is 1. The molecule has 0 aliphatic carbocycles. The molecule has 0 saturated carbocycles. The number of alkyl halides is 3. The quantitative estimate of drug-likeness (QED) is 0.721. The molecule has 3 atom stereocenters. The topological polar surface area (TPSA) is 91.6 Å². The fourth-order valence-corrected chi connectivity index (χ4v) is 3.47. The maximum atomic E-state index is 13.6. The first-order valence-electron chi connectivity index (χ1n) is 7.15. The predicted molar refractivity (Wildman–Crippen MR) is 81.0 cm³/mol. The first-order chi connectivity index (χ1) is 11.6. The molecule has 2 aromatic heterocycles. The SMILES string of the molecule is Cc1ccc([C@@H]2NC(=O)N[C@](O)(C(F)(F)F)[C@H]2C(=O)c2cccs2)o1. The van der Waals surface area contributed by atoms with Gasteiger partial charge in [-0.15, -0.1) is 11.3 Å². The first-order valence-corrected chi connectivity index (χ1v) is 8.03. The zero-order valence-corrected chi connectivity index (χ0v) is 13.6. The number of urea groups is 1. The summed E-state index contributed by atoms with van der Waals surface area (Å²) in [6.45, 7) is 1.57. The lowest BCUT2D eigenvalue weighted by molar-refractivity contribution is -0.287. The molecule has 0 aromatic carbocycles. The maximum absolute atomic E-state index is 13.6. The number of thiophene rings is 1. The van der Waals surface area contributed by atoms with Crippen molar-refractivity contribution in [1.82, 2.24) is 10.6 Å². The Kier molecular flexibility index (Phi) is 4.12. The number of amides is 2. The molecule has 0 unspecified atom stereocenters. The largest absolute Gasteiger partial charge is 0.464 e. The van der Waals surface area contributed by atoms with Gasteiger partial charge in [-0.1, -0.05) is 6.07 Å². The van der Waals surface area contributed by atoms with Crippen LogP contribution in [0.3, 0.4) is 0 Å². The molecule has 0 bridgehead atoms. The van der Waals surface area contributed by atoms with Gasteiger partial charge in [-0.25, -0.2) is 4.79 Å². The van der Waals surface area contributed by atoms with Crippen LogP contribution in [-0.2, 0) is 0 Å². The Morgan fingerprint density at radius 3 is 2.60 bits per heavy atom. The summed E-state index contributed by atoms with van der Waals surface area (Å²) in [5.74, 6) is -2.68. The van der Waals surface area contributed by atoms with Crippen molar-refractivity contribution in [2.75, 3.05) is 0 Å². The number of rotatable bonds is 3. The van der Waals surface area contributed by atoms with Crippen LogP contribution in [0.5, 0.6) is 0 Å². The number of nitrogens with one attached hydrogen (secondary N) is 2. The lowest BCUT2D eigenvalue weighted by Crippen LogP contribution is -2.72. The van der Waals surface area contributed by atoms with Gasteiger partial charge in [0.25, 0.3) is 0 Å². The number of ketones is 1. The van der Waals surface area contributed by atoms with Crippen molar-refractivity contribution in [1.29, 1.82) is 0 Å². The zero-order valence-electron chi connectivity index (χ0n) is 12.8. The molecule has 0 spiro atoms. The lowest BCUT2D eigenvalue weighted by atomic mass is 9.80. The Morgan fingerprint density at radius 1 is 1.36 bits per heavy atom. The number of carbonyl (C=O) groups is 2. The third-order valence-corrected chi connectivity index (χ3v) is 4.80. The Hall–Kier alpha value is -2.33. The van der Waals surface area contributed by atoms with Crippen LogP contribution in [0, 0.1) is 12.8 Å². The molecule has 2 amide bonds. The van der Waals surface area contributed by atoms with E-state index in [1.165, 1.54) is 35.0 Å². The number of aliphatic hydroxyl groups is 1. The highest BCUT2D eigenvalue weighted by atomic mass is 32.1. The molecule has 0 radical (unpaired) electrons. The van der Waals surface area contributed by atoms with Crippen molar-refractivity contribution in [2.45, 2.75) is 24.9 Å². The summed E-state index contributed by atoms with van der Waals surface area (Å²) >= 11 is 0.940. The van der Waals surface area contributed by atoms with Crippen molar-refractivity contribution in [3.8, 4) is 0 Å². The standard InChI is InChI=1S/C15H13F3N2O4S/c1-7-4-5-8(24-7)11-10(12(21)9-3-2-6-25-9)14(23,15(16,17)18)20-13(22)19-11/h2-6,10-11,23H,1H3,(H2,19,20,22)/t10-,11+,14-/m1/s1. The average molecular weight is 374 g/mol. The minimum Gasteiger partial charge on any atom is -0.464 e. The van der Waals surface area contributed by atoms with E-state index in [-0.39, 0.29) is 10.6 Å². The minimum atomic E-state index is -5.28. The third kappa shape index (κ3) is 2.91. The van der Waals surface area contributed by atoms with Gasteiger partial charge in [-0.2, -0.15) is 13.2 Å². The van der Waals surface area contributed by atoms with Crippen molar-refractivity contribution in [3.63, 3.8) is 0 Å². The summed E-state index contributed by atoms with van der Waals surface area (Å²) in [4.78, 5) is 24.5. The fourth-order valence-electron chi connectivity index (χ4n) is 2.77. The number of halogens is 3. The van der Waals surface area contributed by atoms with Gasteiger partial charge in [0.2, 0.25) is 5.72 Å². The van der Waals surface area contributed by atoms with Crippen LogP contribution in [-0.4, -0.2) is 28.8 Å². The summed E-state index contributed by atoms with van der Waals surface area (Å²) in [5, 5.41) is 15.5. The maximum Gasteiger partial charge on any atom is 0.437 e. The summed E-state index contributed by atoms with van der Waals surface area (Å²) in [7, 11) is 0. The van der Waals surface area contributed by atoms with Crippen LogP contribution in [0.4, 0.5) is 18.0 Å². The van der Waals surface area contributed by atoms with E-state index in [0.29, 0.717) is 5.76 Å². The first kappa shape index (κ1) is 17.5. The van der Waals surface area contributed by atoms with Gasteiger partial charge < -0.3 is 20.2 Å². The molecule has 1 fully saturated rings. The lowest BCUT2D eigenvalue weighted by Gasteiger charge is -2.44. The van der Waals surface area contributed by atoms with Crippen LogP contribution in [0.1, 0.15) is 27.2 Å². The molecule has 1 saturated heterocycles. The molecule has 3 heterocycles. The minimum absolute atomic E-state index is 0.0268. The van der Waals surface area contributed by atoms with Gasteiger partial charge >= 0.3 is 12.2 Å². The van der Waals surface area contributed by atoms with Gasteiger partial charge in [0.05, 0.1) is 4.88 Å². The van der Waals surface area contributed by atoms with Gasteiger partial charge in [0, 0.05) is 0 Å². The van der Waals surface area contributed by atoms with Crippen LogP contribution in [0.25, 0.3) is 0 Å². The smallest absolute Gasteiger partial charge is 0.437 e. The number of hydrogen-bond donors (Lipinski definition) is 3. The van der Waals surface area contributed by atoms with E-state index in [1.54, 1.807) is 6.92 Å². The van der Waals surface area contributed by atoms with E-state index in [1.807, 2.05) is 0 Å². The molecule has 134 valence electrons. The van der Waals surface area contributed by atoms with E-state index in [0.717, 1.165) is 11.3 Å². The van der Waals surface area contributed by atoms with Crippen molar-refractivity contribution < 1.29 is 32.3 Å². The van der Waals surface area contributed by atoms with Crippen molar-refractivity contribution >= 4 is 23.2 Å². The summed E-state index contributed by atoms with van der Waals surface area (Å²) in [6.07, 6.45) is -5.28. The highest BCUT2D eigenvalue weighted by molar-refractivity contribution is 7.12. The zero-order chi connectivity index (χ0) is 18.4. The molecule has 3 rings (SSSR count). The Labute approximate surface area is 143 Å². The van der Waals surface area contributed by atoms with Gasteiger partial charge in [-0.3, -0.25) is 4.79 Å². The van der Waals surface area contributed by atoms with Crippen LogP contribution in [0.15, 0.2) is 34.1 Å². The van der Waals surface area contributed by atoms with Crippen molar-refractivity contribution in [3.05, 3.63) is 46.0 Å². The van der Waals surface area contributed by atoms with Crippen LogP contribution < -0.4 is 10.6 Å². The Morgan fingerprint density at radius 2 is 2.08 bits per heavy atom. The number of aryl methyl sites for hydroxylation is 1. The molecule has 10 heteroatoms. The molecular weight excluding hydrogens is 361 g/mol. The summed E-state index contributed by atoms with van der Waals surface area (Å²) in [6, 6.07) is 2.97. The van der Waals surface area contributed by atoms with E-state index in [9.17, 15) is 27.9 Å². The molecular formula is C15H13F3N2O4S. The fraction of sp³-hybridized carbons (Fsp3) is 0.333.